The predicted molar refractivity (Wildman–Crippen MR) is 201 cm³/mol. The largest absolute Gasteiger partial charge is 0.310 e. The zero-order valence-electron chi connectivity index (χ0n) is 27.5. The molecule has 0 fully saturated rings. The van der Waals surface area contributed by atoms with Crippen molar-refractivity contribution in [1.29, 1.82) is 0 Å². The predicted octanol–water partition coefficient (Wildman–Crippen LogP) is 12.4. The van der Waals surface area contributed by atoms with Crippen LogP contribution in [0.15, 0.2) is 158 Å². The first-order chi connectivity index (χ1) is 23.4. The molecule has 0 bridgehead atoms. The summed E-state index contributed by atoms with van der Waals surface area (Å²) in [5, 5.41) is 0. The van der Waals surface area contributed by atoms with E-state index in [9.17, 15) is 0 Å². The minimum Gasteiger partial charge on any atom is -0.310 e. The van der Waals surface area contributed by atoms with Gasteiger partial charge >= 0.3 is 0 Å². The van der Waals surface area contributed by atoms with E-state index in [0.29, 0.717) is 0 Å². The number of hydrogen-bond acceptors (Lipinski definition) is 1. The minimum absolute atomic E-state index is 0.0386. The Bertz CT molecular complexity index is 2430. The topological polar surface area (TPSA) is 3.24 Å². The van der Waals surface area contributed by atoms with Crippen LogP contribution < -0.4 is 4.90 Å². The van der Waals surface area contributed by atoms with Gasteiger partial charge < -0.3 is 4.90 Å². The third-order valence-corrected chi connectivity index (χ3v) is 11.5. The molecule has 10 rings (SSSR count). The molecule has 0 amide bonds. The molecule has 0 N–H and O–H groups in total. The van der Waals surface area contributed by atoms with E-state index in [-0.39, 0.29) is 10.8 Å². The van der Waals surface area contributed by atoms with Gasteiger partial charge in [-0.05, 0) is 116 Å². The number of benzene rings is 7. The van der Waals surface area contributed by atoms with Gasteiger partial charge in [-0.2, -0.15) is 0 Å². The maximum absolute atomic E-state index is 2.49. The summed E-state index contributed by atoms with van der Waals surface area (Å²) < 4.78 is 0. The molecule has 1 aliphatic heterocycles. The van der Waals surface area contributed by atoms with E-state index in [1.807, 2.05) is 0 Å². The van der Waals surface area contributed by atoms with E-state index < -0.39 is 0 Å². The van der Waals surface area contributed by atoms with Gasteiger partial charge in [0, 0.05) is 16.5 Å². The van der Waals surface area contributed by atoms with Crippen molar-refractivity contribution in [1.82, 2.24) is 0 Å². The van der Waals surface area contributed by atoms with Gasteiger partial charge in [0.15, 0.2) is 0 Å². The average Bonchev–Trinajstić information content (AvgIpc) is 3.54. The molecular weight excluding hydrogens is 579 g/mol. The normalized spacial score (nSPS) is 17.3. The van der Waals surface area contributed by atoms with Crippen molar-refractivity contribution in [2.45, 2.75) is 31.6 Å². The standard InChI is InChI=1S/C47H35N/c1-46(2)39-17-9-7-14-35(39)37-26-22-32(28-41(37)46)33-23-27-43-42(29-33)47(3)40-18-10-8-15-36(40)38-16-11-19-44(45(38)47)48(43)34-24-20-31(21-25-34)30-12-5-4-6-13-30/h4-29H,1-3H3. The number of rotatable bonds is 3. The lowest BCUT2D eigenvalue weighted by Crippen LogP contribution is -2.32. The molecule has 0 radical (unpaired) electrons. The van der Waals surface area contributed by atoms with Crippen LogP contribution in [0.5, 0.6) is 0 Å². The summed E-state index contributed by atoms with van der Waals surface area (Å²) in [5.41, 5.74) is 20.7. The Morgan fingerprint density at radius 3 is 1.71 bits per heavy atom. The second-order valence-corrected chi connectivity index (χ2v) is 14.3. The van der Waals surface area contributed by atoms with Gasteiger partial charge in [-0.1, -0.05) is 135 Å². The molecule has 0 aromatic heterocycles. The second kappa shape index (κ2) is 9.69. The third kappa shape index (κ3) is 3.56. The van der Waals surface area contributed by atoms with Gasteiger partial charge in [-0.15, -0.1) is 0 Å². The molecule has 1 atom stereocenters. The van der Waals surface area contributed by atoms with Crippen LogP contribution in [-0.2, 0) is 10.8 Å². The zero-order chi connectivity index (χ0) is 32.2. The van der Waals surface area contributed by atoms with Crippen LogP contribution in [-0.4, -0.2) is 0 Å². The van der Waals surface area contributed by atoms with Gasteiger partial charge in [0.25, 0.3) is 0 Å². The van der Waals surface area contributed by atoms with Crippen LogP contribution in [0.25, 0.3) is 44.5 Å². The van der Waals surface area contributed by atoms with Gasteiger partial charge in [-0.3, -0.25) is 0 Å². The molecule has 7 aromatic rings. The number of anilines is 3. The smallest absolute Gasteiger partial charge is 0.0512 e. The zero-order valence-corrected chi connectivity index (χ0v) is 27.5. The van der Waals surface area contributed by atoms with Crippen molar-refractivity contribution in [2.75, 3.05) is 4.90 Å². The SMILES string of the molecule is CC1(C)c2ccccc2-c2ccc(-c3ccc4c(c3)C3(C)c5ccccc5-c5cccc(c53)N4c3ccc(-c4ccccc4)cc3)cc21. The molecule has 0 spiro atoms. The molecule has 1 nitrogen and oxygen atoms in total. The third-order valence-electron chi connectivity index (χ3n) is 11.5. The van der Waals surface area contributed by atoms with Crippen LogP contribution >= 0.6 is 0 Å². The molecule has 3 aliphatic rings. The van der Waals surface area contributed by atoms with E-state index >= 15 is 0 Å². The second-order valence-electron chi connectivity index (χ2n) is 14.3. The van der Waals surface area contributed by atoms with Crippen molar-refractivity contribution < 1.29 is 0 Å². The fourth-order valence-electron chi connectivity index (χ4n) is 9.08. The lowest BCUT2D eigenvalue weighted by Gasteiger charge is -2.42. The van der Waals surface area contributed by atoms with Crippen LogP contribution in [0, 0.1) is 0 Å². The molecule has 1 unspecified atom stereocenters. The fourth-order valence-corrected chi connectivity index (χ4v) is 9.08. The summed E-state index contributed by atoms with van der Waals surface area (Å²) in [4.78, 5) is 2.49. The number of nitrogens with zero attached hydrogens (tertiary/aromatic N) is 1. The van der Waals surface area contributed by atoms with Gasteiger partial charge in [0.2, 0.25) is 0 Å². The maximum atomic E-state index is 2.49. The first-order valence-corrected chi connectivity index (χ1v) is 17.0. The van der Waals surface area contributed by atoms with Crippen molar-refractivity contribution in [3.63, 3.8) is 0 Å². The summed E-state index contributed by atoms with van der Waals surface area (Å²) in [6.07, 6.45) is 0. The average molecular weight is 614 g/mol. The van der Waals surface area contributed by atoms with Crippen LogP contribution in [0.1, 0.15) is 48.6 Å². The van der Waals surface area contributed by atoms with E-state index in [2.05, 4.69) is 183 Å². The van der Waals surface area contributed by atoms with Crippen LogP contribution in [0.2, 0.25) is 0 Å². The molecule has 0 saturated heterocycles. The summed E-state index contributed by atoms with van der Waals surface area (Å²) in [6.45, 7) is 7.18. The van der Waals surface area contributed by atoms with Crippen molar-refractivity contribution in [3.8, 4) is 44.5 Å². The Morgan fingerprint density at radius 2 is 0.938 bits per heavy atom. The highest BCUT2D eigenvalue weighted by Crippen LogP contribution is 2.62. The molecule has 7 aromatic carbocycles. The van der Waals surface area contributed by atoms with Gasteiger partial charge in [0.05, 0.1) is 11.4 Å². The molecule has 1 heteroatoms. The van der Waals surface area contributed by atoms with Gasteiger partial charge in [-0.25, -0.2) is 0 Å². The van der Waals surface area contributed by atoms with E-state index in [1.165, 1.54) is 89.4 Å². The van der Waals surface area contributed by atoms with E-state index in [4.69, 9.17) is 0 Å². The van der Waals surface area contributed by atoms with E-state index in [1.54, 1.807) is 0 Å². The first kappa shape index (κ1) is 27.5. The highest BCUT2D eigenvalue weighted by atomic mass is 15.2. The lowest BCUT2D eigenvalue weighted by atomic mass is 9.70. The molecule has 1 heterocycles. The minimum atomic E-state index is -0.277. The molecular formula is C47H35N. The molecule has 0 saturated carbocycles. The maximum Gasteiger partial charge on any atom is 0.0512 e. The number of hydrogen-bond donors (Lipinski definition) is 0. The molecule has 48 heavy (non-hydrogen) atoms. The summed E-state index contributed by atoms with van der Waals surface area (Å²) in [6, 6.07) is 58.8. The highest BCUT2D eigenvalue weighted by molar-refractivity contribution is 5.98. The first-order valence-electron chi connectivity index (χ1n) is 17.0. The Kier molecular flexibility index (Phi) is 5.54. The Hall–Kier alpha value is -5.66. The van der Waals surface area contributed by atoms with Gasteiger partial charge in [0.1, 0.15) is 0 Å². The Morgan fingerprint density at radius 1 is 0.375 bits per heavy atom. The Labute approximate surface area is 282 Å². The molecule has 228 valence electrons. The summed E-state index contributed by atoms with van der Waals surface area (Å²) >= 11 is 0. The molecule has 2 aliphatic carbocycles. The number of fused-ring (bicyclic) bond motifs is 8. The van der Waals surface area contributed by atoms with Crippen molar-refractivity contribution >= 4 is 17.1 Å². The monoisotopic (exact) mass is 613 g/mol. The van der Waals surface area contributed by atoms with Crippen molar-refractivity contribution in [2.24, 2.45) is 0 Å². The quantitative estimate of drug-likeness (QED) is 0.192. The Balaban J connectivity index is 1.18. The van der Waals surface area contributed by atoms with Crippen LogP contribution in [0.3, 0.4) is 0 Å². The van der Waals surface area contributed by atoms with Crippen LogP contribution in [0.4, 0.5) is 17.1 Å². The summed E-state index contributed by atoms with van der Waals surface area (Å²) in [7, 11) is 0. The van der Waals surface area contributed by atoms with E-state index in [0.717, 1.165) is 0 Å². The summed E-state index contributed by atoms with van der Waals surface area (Å²) in [5.74, 6) is 0. The van der Waals surface area contributed by atoms with Crippen molar-refractivity contribution in [3.05, 3.63) is 186 Å². The fraction of sp³-hybridized carbons (Fsp3) is 0.106. The lowest BCUT2D eigenvalue weighted by molar-refractivity contribution is 0.660. The highest BCUT2D eigenvalue weighted by Gasteiger charge is 2.48.